The number of anilines is 1. The molecule has 0 heterocycles. The molecule has 0 aromatic heterocycles. The van der Waals surface area contributed by atoms with Gasteiger partial charge >= 0.3 is 0 Å². The van der Waals surface area contributed by atoms with Crippen LogP contribution in [0.25, 0.3) is 0 Å². The molecule has 2 rings (SSSR count). The van der Waals surface area contributed by atoms with E-state index in [0.29, 0.717) is 22.8 Å². The third-order valence-electron chi connectivity index (χ3n) is 5.33. The molecule has 9 heteroatoms. The second-order valence-electron chi connectivity index (χ2n) is 8.14. The van der Waals surface area contributed by atoms with Gasteiger partial charge in [-0.05, 0) is 56.0 Å². The van der Waals surface area contributed by atoms with E-state index < -0.39 is 28.5 Å². The molecule has 0 bridgehead atoms. The van der Waals surface area contributed by atoms with Gasteiger partial charge in [-0.15, -0.1) is 0 Å². The highest BCUT2D eigenvalue weighted by Crippen LogP contribution is 2.25. The third kappa shape index (κ3) is 7.20. The molecule has 0 aliphatic heterocycles. The smallest absolute Gasteiger partial charge is 0.244 e. The summed E-state index contributed by atoms with van der Waals surface area (Å²) in [4.78, 5) is 27.6. The van der Waals surface area contributed by atoms with Gasteiger partial charge < -0.3 is 10.2 Å². The monoisotopic (exact) mass is 493 g/mol. The zero-order valence-corrected chi connectivity index (χ0v) is 21.3. The third-order valence-corrected chi connectivity index (χ3v) is 6.82. The summed E-state index contributed by atoms with van der Waals surface area (Å²) in [5.74, 6) is -0.810. The van der Waals surface area contributed by atoms with Crippen molar-refractivity contribution in [3.8, 4) is 0 Å². The van der Waals surface area contributed by atoms with E-state index in [1.165, 1.54) is 4.90 Å². The van der Waals surface area contributed by atoms with Gasteiger partial charge in [0.2, 0.25) is 21.8 Å². The number of aryl methyl sites for hydroxylation is 2. The molecule has 2 amide bonds. The Morgan fingerprint density at radius 2 is 1.79 bits per heavy atom. The summed E-state index contributed by atoms with van der Waals surface area (Å²) in [7, 11) is -3.77. The number of nitrogens with zero attached hydrogens (tertiary/aromatic N) is 2. The maximum absolute atomic E-state index is 13.5. The number of carbonyl (C=O) groups is 2. The quantitative estimate of drug-likeness (QED) is 0.547. The Morgan fingerprint density at radius 3 is 2.39 bits per heavy atom. The molecule has 0 fully saturated rings. The summed E-state index contributed by atoms with van der Waals surface area (Å²) in [6, 6.07) is 11.7. The van der Waals surface area contributed by atoms with Gasteiger partial charge in [0.25, 0.3) is 0 Å². The van der Waals surface area contributed by atoms with Crippen molar-refractivity contribution in [2.45, 2.75) is 46.7 Å². The lowest BCUT2D eigenvalue weighted by Crippen LogP contribution is -2.51. The van der Waals surface area contributed by atoms with Crippen LogP contribution in [0.1, 0.15) is 37.0 Å². The van der Waals surface area contributed by atoms with Gasteiger partial charge in [-0.1, -0.05) is 48.9 Å². The molecule has 7 nitrogen and oxygen atoms in total. The molecule has 1 N–H and O–H groups in total. The van der Waals surface area contributed by atoms with Crippen LogP contribution < -0.4 is 9.62 Å². The first-order valence-electron chi connectivity index (χ1n) is 10.8. The van der Waals surface area contributed by atoms with Crippen LogP contribution in [-0.2, 0) is 26.2 Å². The number of rotatable bonds is 10. The minimum absolute atomic E-state index is 0.0730. The summed E-state index contributed by atoms with van der Waals surface area (Å²) in [6.07, 6.45) is 1.82. The first-order chi connectivity index (χ1) is 15.5. The Bertz CT molecular complexity index is 1100. The van der Waals surface area contributed by atoms with E-state index in [-0.39, 0.29) is 12.5 Å². The molecule has 0 aliphatic carbocycles. The molecule has 0 radical (unpaired) electrons. The summed E-state index contributed by atoms with van der Waals surface area (Å²) in [5.41, 5.74) is 2.70. The lowest BCUT2D eigenvalue weighted by molar-refractivity contribution is -0.139. The number of carbonyl (C=O) groups excluding carboxylic acids is 2. The Hall–Kier alpha value is -2.58. The molecule has 0 aliphatic rings. The van der Waals surface area contributed by atoms with Crippen molar-refractivity contribution in [3.05, 3.63) is 64.2 Å². The lowest BCUT2D eigenvalue weighted by Gasteiger charge is -2.32. The Labute approximate surface area is 201 Å². The highest BCUT2D eigenvalue weighted by molar-refractivity contribution is 7.92. The fourth-order valence-corrected chi connectivity index (χ4v) is 4.47. The van der Waals surface area contributed by atoms with Crippen LogP contribution in [0.15, 0.2) is 42.5 Å². The van der Waals surface area contributed by atoms with Gasteiger partial charge in [0.05, 0.1) is 11.9 Å². The van der Waals surface area contributed by atoms with E-state index in [4.69, 9.17) is 11.6 Å². The van der Waals surface area contributed by atoms with Gasteiger partial charge in [-0.25, -0.2) is 8.42 Å². The molecule has 33 heavy (non-hydrogen) atoms. The van der Waals surface area contributed by atoms with Gasteiger partial charge in [-0.3, -0.25) is 13.9 Å². The highest BCUT2D eigenvalue weighted by atomic mass is 35.5. The van der Waals surface area contributed by atoms with Crippen LogP contribution in [-0.4, -0.2) is 50.5 Å². The number of sulfonamides is 1. The van der Waals surface area contributed by atoms with Gasteiger partial charge in [0.15, 0.2) is 0 Å². The van der Waals surface area contributed by atoms with Crippen LogP contribution in [0.5, 0.6) is 0 Å². The fraction of sp³-hybridized carbons (Fsp3) is 0.417. The fourth-order valence-electron chi connectivity index (χ4n) is 3.37. The van der Waals surface area contributed by atoms with Crippen molar-refractivity contribution in [1.82, 2.24) is 10.2 Å². The van der Waals surface area contributed by atoms with Crippen molar-refractivity contribution in [3.63, 3.8) is 0 Å². The predicted octanol–water partition coefficient (Wildman–Crippen LogP) is 3.67. The summed E-state index contributed by atoms with van der Waals surface area (Å²) < 4.78 is 26.4. The standard InChI is InChI=1S/C24H32ClN3O4S/c1-6-13-26-24(30)19(4)27(15-20-9-7-8-10-21(20)25)23(29)16-28(33(5,31)32)22-14-17(2)11-12-18(22)3/h7-12,14,19H,6,13,15-16H2,1-5H3,(H,26,30)/t19-/m0/s1. The molecule has 0 spiro atoms. The maximum atomic E-state index is 13.5. The first-order valence-corrected chi connectivity index (χ1v) is 13.0. The van der Waals surface area contributed by atoms with Crippen molar-refractivity contribution >= 4 is 39.1 Å². The normalized spacial score (nSPS) is 12.2. The van der Waals surface area contributed by atoms with E-state index in [1.54, 1.807) is 44.2 Å². The second-order valence-corrected chi connectivity index (χ2v) is 10.5. The Morgan fingerprint density at radius 1 is 1.12 bits per heavy atom. The summed E-state index contributed by atoms with van der Waals surface area (Å²) in [6.45, 7) is 7.33. The molecule has 0 saturated carbocycles. The Balaban J connectivity index is 2.43. The number of nitrogens with one attached hydrogen (secondary N) is 1. The van der Waals surface area contributed by atoms with Crippen LogP contribution in [0.4, 0.5) is 5.69 Å². The average molecular weight is 494 g/mol. The van der Waals surface area contributed by atoms with E-state index in [9.17, 15) is 18.0 Å². The topological polar surface area (TPSA) is 86.8 Å². The van der Waals surface area contributed by atoms with E-state index in [1.807, 2.05) is 26.0 Å². The highest BCUT2D eigenvalue weighted by Gasteiger charge is 2.30. The lowest BCUT2D eigenvalue weighted by atomic mass is 10.1. The number of benzene rings is 2. The van der Waals surface area contributed by atoms with Crippen molar-refractivity contribution in [1.29, 1.82) is 0 Å². The number of hydrogen-bond donors (Lipinski definition) is 1. The van der Waals surface area contributed by atoms with Gasteiger partial charge in [-0.2, -0.15) is 0 Å². The molecule has 0 unspecified atom stereocenters. The van der Waals surface area contributed by atoms with Crippen LogP contribution in [0, 0.1) is 13.8 Å². The molecular weight excluding hydrogens is 462 g/mol. The average Bonchev–Trinajstić information content (AvgIpc) is 2.75. The molecule has 1 atom stereocenters. The minimum Gasteiger partial charge on any atom is -0.354 e. The maximum Gasteiger partial charge on any atom is 0.244 e. The van der Waals surface area contributed by atoms with Crippen LogP contribution >= 0.6 is 11.6 Å². The zero-order valence-electron chi connectivity index (χ0n) is 19.8. The largest absolute Gasteiger partial charge is 0.354 e. The number of halogens is 1. The van der Waals surface area contributed by atoms with E-state index in [0.717, 1.165) is 28.1 Å². The predicted molar refractivity (Wildman–Crippen MR) is 133 cm³/mol. The van der Waals surface area contributed by atoms with Crippen molar-refractivity contribution < 1.29 is 18.0 Å². The first kappa shape index (κ1) is 26.7. The van der Waals surface area contributed by atoms with E-state index in [2.05, 4.69) is 5.32 Å². The van der Waals surface area contributed by atoms with Crippen LogP contribution in [0.2, 0.25) is 5.02 Å². The summed E-state index contributed by atoms with van der Waals surface area (Å²) >= 11 is 6.31. The number of amides is 2. The molecule has 2 aromatic rings. The van der Waals surface area contributed by atoms with Gasteiger partial charge in [0.1, 0.15) is 12.6 Å². The SMILES string of the molecule is CCCNC(=O)[C@H](C)N(Cc1ccccc1Cl)C(=O)CN(c1cc(C)ccc1C)S(C)(=O)=O. The number of hydrogen-bond acceptors (Lipinski definition) is 4. The van der Waals surface area contributed by atoms with Crippen molar-refractivity contribution in [2.75, 3.05) is 23.7 Å². The zero-order chi connectivity index (χ0) is 24.8. The van der Waals surface area contributed by atoms with Crippen LogP contribution in [0.3, 0.4) is 0 Å². The molecular formula is C24H32ClN3O4S. The molecule has 0 saturated heterocycles. The second kappa shape index (κ2) is 11.5. The van der Waals surface area contributed by atoms with E-state index >= 15 is 0 Å². The minimum atomic E-state index is -3.77. The summed E-state index contributed by atoms with van der Waals surface area (Å²) in [5, 5.41) is 3.27. The molecule has 2 aromatic carbocycles. The van der Waals surface area contributed by atoms with Gasteiger partial charge in [0, 0.05) is 18.1 Å². The van der Waals surface area contributed by atoms with Crippen molar-refractivity contribution in [2.24, 2.45) is 0 Å². The molecule has 180 valence electrons. The Kier molecular flexibility index (Phi) is 9.31.